The number of halogens is 1. The number of nitriles is 1. The Labute approximate surface area is 148 Å². The summed E-state index contributed by atoms with van der Waals surface area (Å²) in [5.41, 5.74) is -1.16. The molecule has 0 aliphatic rings. The van der Waals surface area contributed by atoms with Crippen molar-refractivity contribution in [3.63, 3.8) is 0 Å². The van der Waals surface area contributed by atoms with Crippen LogP contribution in [0.2, 0.25) is 0 Å². The zero-order valence-electron chi connectivity index (χ0n) is 15.3. The van der Waals surface area contributed by atoms with Crippen LogP contribution in [-0.2, 0) is 15.1 Å². The molecule has 1 heterocycles. The molecule has 4 nitrogen and oxygen atoms in total. The smallest absolute Gasteiger partial charge is 0.142 e. The molecule has 1 unspecified atom stereocenters. The maximum Gasteiger partial charge on any atom is 0.142 e. The molecule has 0 aliphatic carbocycles. The van der Waals surface area contributed by atoms with Gasteiger partial charge in [0.15, 0.2) is 0 Å². The van der Waals surface area contributed by atoms with Gasteiger partial charge in [0.05, 0.1) is 23.5 Å². The Morgan fingerprint density at radius 3 is 2.64 bits per heavy atom. The lowest BCUT2D eigenvalue weighted by atomic mass is 9.78. The fourth-order valence-corrected chi connectivity index (χ4v) is 2.44. The van der Waals surface area contributed by atoms with Crippen molar-refractivity contribution in [2.75, 3.05) is 7.11 Å². The molecule has 0 aliphatic heterocycles. The molecule has 25 heavy (non-hydrogen) atoms. The maximum absolute atomic E-state index is 13.7. The van der Waals surface area contributed by atoms with Crippen LogP contribution in [0.5, 0.6) is 0 Å². The number of hydrogen-bond donors (Lipinski definition) is 0. The highest BCUT2D eigenvalue weighted by molar-refractivity contribution is 5.58. The van der Waals surface area contributed by atoms with Gasteiger partial charge in [0.1, 0.15) is 17.7 Å². The molecule has 0 amide bonds. The summed E-state index contributed by atoms with van der Waals surface area (Å²) in [4.78, 5) is 15.6. The highest BCUT2D eigenvalue weighted by Gasteiger charge is 2.39. The first kappa shape index (κ1) is 20.5. The third kappa shape index (κ3) is 5.52. The zero-order valence-corrected chi connectivity index (χ0v) is 15.3. The number of allylic oxidation sites excluding steroid dienone is 1. The molecule has 0 spiro atoms. The molecule has 1 rings (SSSR count). The number of nitrogens with zero attached hydrogens (tertiary/aromatic N) is 2. The molecule has 5 heteroatoms. The first-order valence-electron chi connectivity index (χ1n) is 7.96. The topological polar surface area (TPSA) is 63.0 Å². The van der Waals surface area contributed by atoms with Crippen molar-refractivity contribution in [2.24, 2.45) is 11.3 Å². The number of ether oxygens (including phenoxy) is 1. The molecule has 1 aromatic rings. The van der Waals surface area contributed by atoms with Crippen molar-refractivity contribution in [3.8, 4) is 17.9 Å². The summed E-state index contributed by atoms with van der Waals surface area (Å²) in [5.74, 6) is 5.50. The molecule has 0 saturated heterocycles. The van der Waals surface area contributed by atoms with Crippen LogP contribution in [0, 0.1) is 40.3 Å². The van der Waals surface area contributed by atoms with E-state index in [1.807, 2.05) is 19.9 Å². The number of methoxy groups -OCH3 is 1. The second-order valence-corrected chi connectivity index (χ2v) is 6.81. The van der Waals surface area contributed by atoms with Crippen LogP contribution < -0.4 is 0 Å². The fourth-order valence-electron chi connectivity index (χ4n) is 2.44. The second kappa shape index (κ2) is 8.55. The Kier molecular flexibility index (Phi) is 7.03. The zero-order chi connectivity index (χ0) is 19.1. The average molecular weight is 342 g/mol. The Bertz CT molecular complexity index is 751. The lowest BCUT2D eigenvalue weighted by Crippen LogP contribution is -2.35. The Hall–Kier alpha value is -2.50. The van der Waals surface area contributed by atoms with Gasteiger partial charge in [-0.15, -0.1) is 0 Å². The van der Waals surface area contributed by atoms with Crippen molar-refractivity contribution in [3.05, 3.63) is 41.5 Å². The van der Waals surface area contributed by atoms with Gasteiger partial charge >= 0.3 is 0 Å². The van der Waals surface area contributed by atoms with E-state index in [0.717, 1.165) is 12.5 Å². The van der Waals surface area contributed by atoms with E-state index in [9.17, 15) is 9.18 Å². The highest BCUT2D eigenvalue weighted by Crippen LogP contribution is 2.38. The molecule has 1 atom stereocenters. The lowest BCUT2D eigenvalue weighted by molar-refractivity contribution is -0.118. The number of pyridine rings is 1. The van der Waals surface area contributed by atoms with Crippen molar-refractivity contribution >= 4 is 6.29 Å². The first-order valence-corrected chi connectivity index (χ1v) is 7.96. The molecular formula is C20H23FN2O2. The van der Waals surface area contributed by atoms with Crippen LogP contribution in [0.4, 0.5) is 4.39 Å². The van der Waals surface area contributed by atoms with E-state index >= 15 is 0 Å². The minimum atomic E-state index is -1.17. The van der Waals surface area contributed by atoms with E-state index in [0.29, 0.717) is 11.3 Å². The van der Waals surface area contributed by atoms with Gasteiger partial charge in [-0.2, -0.15) is 5.26 Å². The largest absolute Gasteiger partial charge is 0.368 e. The molecule has 0 fully saturated rings. The molecule has 1 aromatic heterocycles. The molecular weight excluding hydrogens is 319 g/mol. The molecule has 0 N–H and O–H groups in total. The average Bonchev–Trinajstić information content (AvgIpc) is 2.57. The minimum absolute atomic E-state index is 0.0918. The summed E-state index contributed by atoms with van der Waals surface area (Å²) in [6.45, 7) is 7.37. The van der Waals surface area contributed by atoms with Gasteiger partial charge in [0, 0.05) is 24.5 Å². The van der Waals surface area contributed by atoms with Crippen molar-refractivity contribution in [1.82, 2.24) is 4.98 Å². The first-order chi connectivity index (χ1) is 11.7. The SMILES string of the molecule is COC(C=CC#N)(CC(C)(C)C=O)c1ncc(F)cc1C#CC(C)C. The molecule has 0 bridgehead atoms. The van der Waals surface area contributed by atoms with E-state index in [2.05, 4.69) is 16.8 Å². The van der Waals surface area contributed by atoms with Gasteiger partial charge in [0.25, 0.3) is 0 Å². The van der Waals surface area contributed by atoms with Crippen LogP contribution in [0.25, 0.3) is 0 Å². The van der Waals surface area contributed by atoms with Gasteiger partial charge < -0.3 is 9.53 Å². The predicted molar refractivity (Wildman–Crippen MR) is 93.8 cm³/mol. The standard InChI is InChI=1S/C20H23FN2O2/c1-15(2)7-8-16-11-17(21)12-23-18(16)20(25-5,9-6-10-22)13-19(3,4)14-24/h6,9,11-12,14-15H,13H2,1-5H3. The summed E-state index contributed by atoms with van der Waals surface area (Å²) in [6.07, 6.45) is 4.95. The second-order valence-electron chi connectivity index (χ2n) is 6.81. The highest BCUT2D eigenvalue weighted by atomic mass is 19.1. The van der Waals surface area contributed by atoms with Gasteiger partial charge in [-0.25, -0.2) is 4.39 Å². The van der Waals surface area contributed by atoms with Crippen molar-refractivity contribution < 1.29 is 13.9 Å². The van der Waals surface area contributed by atoms with E-state index in [1.54, 1.807) is 19.9 Å². The Balaban J connectivity index is 3.66. The van der Waals surface area contributed by atoms with E-state index in [1.165, 1.54) is 19.3 Å². The monoisotopic (exact) mass is 342 g/mol. The van der Waals surface area contributed by atoms with Crippen molar-refractivity contribution in [1.29, 1.82) is 5.26 Å². The fraction of sp³-hybridized carbons (Fsp3) is 0.450. The van der Waals surface area contributed by atoms with Crippen LogP contribution in [0.15, 0.2) is 24.4 Å². The van der Waals surface area contributed by atoms with Crippen LogP contribution >= 0.6 is 0 Å². The van der Waals surface area contributed by atoms with Crippen molar-refractivity contribution in [2.45, 2.75) is 39.7 Å². The summed E-state index contributed by atoms with van der Waals surface area (Å²) in [7, 11) is 1.47. The summed E-state index contributed by atoms with van der Waals surface area (Å²) >= 11 is 0. The van der Waals surface area contributed by atoms with E-state index < -0.39 is 16.8 Å². The summed E-state index contributed by atoms with van der Waals surface area (Å²) in [6, 6.07) is 3.22. The van der Waals surface area contributed by atoms with Crippen LogP contribution in [0.3, 0.4) is 0 Å². The van der Waals surface area contributed by atoms with E-state index in [4.69, 9.17) is 10.00 Å². The minimum Gasteiger partial charge on any atom is -0.368 e. The van der Waals surface area contributed by atoms with Gasteiger partial charge in [-0.1, -0.05) is 39.5 Å². The third-order valence-corrected chi connectivity index (χ3v) is 3.58. The van der Waals surface area contributed by atoms with Crippen LogP contribution in [0.1, 0.15) is 45.4 Å². The number of aldehydes is 1. The maximum atomic E-state index is 13.7. The molecule has 0 saturated carbocycles. The summed E-state index contributed by atoms with van der Waals surface area (Å²) in [5, 5.41) is 8.95. The Morgan fingerprint density at radius 1 is 1.44 bits per heavy atom. The summed E-state index contributed by atoms with van der Waals surface area (Å²) < 4.78 is 19.4. The number of carbonyl (C=O) groups excluding carboxylic acids is 1. The van der Waals surface area contributed by atoms with Gasteiger partial charge in [-0.3, -0.25) is 4.98 Å². The predicted octanol–water partition coefficient (Wildman–Crippen LogP) is 3.76. The Morgan fingerprint density at radius 2 is 2.12 bits per heavy atom. The number of hydrogen-bond acceptors (Lipinski definition) is 4. The van der Waals surface area contributed by atoms with Crippen LogP contribution in [-0.4, -0.2) is 18.4 Å². The third-order valence-electron chi connectivity index (χ3n) is 3.58. The number of rotatable bonds is 6. The van der Waals surface area contributed by atoms with Gasteiger partial charge in [-0.05, 0) is 18.6 Å². The molecule has 132 valence electrons. The lowest BCUT2D eigenvalue weighted by Gasteiger charge is -2.34. The van der Waals surface area contributed by atoms with Gasteiger partial charge in [0.2, 0.25) is 0 Å². The molecule has 0 radical (unpaired) electrons. The quantitative estimate of drug-likeness (QED) is 0.448. The normalized spacial score (nSPS) is 13.8. The number of aromatic nitrogens is 1. The molecule has 0 aromatic carbocycles. The number of carbonyl (C=O) groups is 1. The van der Waals surface area contributed by atoms with E-state index in [-0.39, 0.29) is 12.3 Å².